The van der Waals surface area contributed by atoms with E-state index in [1.54, 1.807) is 4.90 Å². The second kappa shape index (κ2) is 7.50. The summed E-state index contributed by atoms with van der Waals surface area (Å²) in [7, 11) is 0. The molecule has 21 heavy (non-hydrogen) atoms. The molecule has 0 atom stereocenters. The highest BCUT2D eigenvalue weighted by Gasteiger charge is 2.23. The van der Waals surface area contributed by atoms with Crippen molar-refractivity contribution in [2.45, 2.75) is 33.6 Å². The number of rotatable bonds is 7. The SMILES string of the molecule is CCCN(CC(C)(C)CN)C(=O)Cc1ccc(F)cc1F. The number of nitrogens with two attached hydrogens (primary N) is 1. The molecule has 0 aromatic heterocycles. The quantitative estimate of drug-likeness (QED) is 0.841. The van der Waals surface area contributed by atoms with Gasteiger partial charge >= 0.3 is 0 Å². The van der Waals surface area contributed by atoms with Crippen molar-refractivity contribution in [2.24, 2.45) is 11.1 Å². The van der Waals surface area contributed by atoms with Crippen molar-refractivity contribution in [2.75, 3.05) is 19.6 Å². The first kappa shape index (κ1) is 17.6. The number of hydrogen-bond donors (Lipinski definition) is 1. The number of nitrogens with zero attached hydrogens (tertiary/aromatic N) is 1. The molecule has 0 saturated carbocycles. The highest BCUT2D eigenvalue weighted by molar-refractivity contribution is 5.78. The topological polar surface area (TPSA) is 46.3 Å². The molecule has 0 aliphatic rings. The van der Waals surface area contributed by atoms with Crippen LogP contribution in [-0.2, 0) is 11.2 Å². The van der Waals surface area contributed by atoms with E-state index in [-0.39, 0.29) is 23.3 Å². The summed E-state index contributed by atoms with van der Waals surface area (Å²) in [6, 6.07) is 3.29. The van der Waals surface area contributed by atoms with Gasteiger partial charge in [-0.1, -0.05) is 26.8 Å². The molecule has 2 N–H and O–H groups in total. The van der Waals surface area contributed by atoms with Gasteiger partial charge in [0.1, 0.15) is 11.6 Å². The van der Waals surface area contributed by atoms with E-state index < -0.39 is 11.6 Å². The summed E-state index contributed by atoms with van der Waals surface area (Å²) < 4.78 is 26.5. The van der Waals surface area contributed by atoms with E-state index in [2.05, 4.69) is 0 Å². The van der Waals surface area contributed by atoms with Gasteiger partial charge in [0.15, 0.2) is 0 Å². The third-order valence-electron chi connectivity index (χ3n) is 3.37. The largest absolute Gasteiger partial charge is 0.342 e. The zero-order valence-corrected chi connectivity index (χ0v) is 13.0. The standard InChI is InChI=1S/C16H24F2N2O/c1-4-7-20(11-16(2,3)10-19)15(21)8-12-5-6-13(17)9-14(12)18/h5-6,9H,4,7-8,10-11,19H2,1-3H3. The molecular formula is C16H24F2N2O. The van der Waals surface area contributed by atoms with Crippen LogP contribution in [0.15, 0.2) is 18.2 Å². The molecule has 1 aromatic carbocycles. The lowest BCUT2D eigenvalue weighted by Gasteiger charge is -2.32. The Bertz CT molecular complexity index is 489. The zero-order chi connectivity index (χ0) is 16.0. The van der Waals surface area contributed by atoms with Crippen molar-refractivity contribution in [1.29, 1.82) is 0 Å². The molecule has 0 spiro atoms. The van der Waals surface area contributed by atoms with Gasteiger partial charge in [0.25, 0.3) is 0 Å². The van der Waals surface area contributed by atoms with Gasteiger partial charge in [-0.3, -0.25) is 4.79 Å². The minimum absolute atomic E-state index is 0.0627. The van der Waals surface area contributed by atoms with Gasteiger partial charge in [0, 0.05) is 19.2 Å². The first-order valence-electron chi connectivity index (χ1n) is 7.21. The summed E-state index contributed by atoms with van der Waals surface area (Å²) in [4.78, 5) is 14.1. The number of hydrogen-bond acceptors (Lipinski definition) is 2. The average molecular weight is 298 g/mol. The van der Waals surface area contributed by atoms with Crippen molar-refractivity contribution in [1.82, 2.24) is 4.90 Å². The van der Waals surface area contributed by atoms with E-state index in [9.17, 15) is 13.6 Å². The van der Waals surface area contributed by atoms with Crippen LogP contribution in [-0.4, -0.2) is 30.4 Å². The molecule has 0 aliphatic heterocycles. The molecule has 0 saturated heterocycles. The fourth-order valence-corrected chi connectivity index (χ4v) is 2.08. The zero-order valence-electron chi connectivity index (χ0n) is 13.0. The van der Waals surface area contributed by atoms with Crippen LogP contribution in [0.4, 0.5) is 8.78 Å². The van der Waals surface area contributed by atoms with Gasteiger partial charge in [0.05, 0.1) is 6.42 Å². The van der Waals surface area contributed by atoms with E-state index in [0.29, 0.717) is 19.6 Å². The van der Waals surface area contributed by atoms with Crippen LogP contribution in [0.2, 0.25) is 0 Å². The van der Waals surface area contributed by atoms with Gasteiger partial charge < -0.3 is 10.6 Å². The third-order valence-corrected chi connectivity index (χ3v) is 3.37. The van der Waals surface area contributed by atoms with E-state index in [1.807, 2.05) is 20.8 Å². The molecule has 1 amide bonds. The van der Waals surface area contributed by atoms with E-state index in [1.165, 1.54) is 12.1 Å². The Morgan fingerprint density at radius 2 is 2.00 bits per heavy atom. The third kappa shape index (κ3) is 5.42. The van der Waals surface area contributed by atoms with Gasteiger partial charge in [-0.15, -0.1) is 0 Å². The van der Waals surface area contributed by atoms with Crippen LogP contribution in [0.1, 0.15) is 32.8 Å². The maximum Gasteiger partial charge on any atom is 0.227 e. The fourth-order valence-electron chi connectivity index (χ4n) is 2.08. The molecule has 0 heterocycles. The molecule has 0 unspecified atom stereocenters. The predicted octanol–water partition coefficient (Wildman–Crippen LogP) is 2.73. The van der Waals surface area contributed by atoms with Crippen molar-refractivity contribution in [3.8, 4) is 0 Å². The van der Waals surface area contributed by atoms with Crippen LogP contribution in [0, 0.1) is 17.0 Å². The monoisotopic (exact) mass is 298 g/mol. The number of carbonyl (C=O) groups is 1. The van der Waals surface area contributed by atoms with Crippen LogP contribution < -0.4 is 5.73 Å². The van der Waals surface area contributed by atoms with Gasteiger partial charge in [-0.05, 0) is 30.0 Å². The summed E-state index contributed by atoms with van der Waals surface area (Å²) >= 11 is 0. The van der Waals surface area contributed by atoms with Crippen molar-refractivity contribution >= 4 is 5.91 Å². The molecule has 0 fully saturated rings. The number of carbonyl (C=O) groups excluding carboxylic acids is 1. The summed E-state index contributed by atoms with van der Waals surface area (Å²) in [5.74, 6) is -1.49. The van der Waals surface area contributed by atoms with Crippen molar-refractivity contribution in [3.05, 3.63) is 35.4 Å². The van der Waals surface area contributed by atoms with Gasteiger partial charge in [-0.2, -0.15) is 0 Å². The summed E-state index contributed by atoms with van der Waals surface area (Å²) in [6.07, 6.45) is 0.755. The highest BCUT2D eigenvalue weighted by Crippen LogP contribution is 2.17. The van der Waals surface area contributed by atoms with Gasteiger partial charge in [-0.25, -0.2) is 8.78 Å². The lowest BCUT2D eigenvalue weighted by Crippen LogP contribution is -2.43. The Labute approximate surface area is 125 Å². The number of amides is 1. The summed E-state index contributed by atoms with van der Waals surface area (Å²) in [5.41, 5.74) is 5.73. The molecule has 1 aromatic rings. The van der Waals surface area contributed by atoms with E-state index >= 15 is 0 Å². The molecule has 1 rings (SSSR count). The second-order valence-electron chi connectivity index (χ2n) is 6.10. The minimum Gasteiger partial charge on any atom is -0.342 e. The molecule has 3 nitrogen and oxygen atoms in total. The minimum atomic E-state index is -0.683. The average Bonchev–Trinajstić information content (AvgIpc) is 2.41. The predicted molar refractivity (Wildman–Crippen MR) is 79.8 cm³/mol. The van der Waals surface area contributed by atoms with Crippen molar-refractivity contribution in [3.63, 3.8) is 0 Å². The van der Waals surface area contributed by atoms with Crippen LogP contribution in [0.5, 0.6) is 0 Å². The first-order valence-corrected chi connectivity index (χ1v) is 7.21. The molecule has 0 radical (unpaired) electrons. The second-order valence-corrected chi connectivity index (χ2v) is 6.10. The Hall–Kier alpha value is -1.49. The molecule has 5 heteroatoms. The molecule has 0 aliphatic carbocycles. The lowest BCUT2D eigenvalue weighted by atomic mass is 9.92. The fraction of sp³-hybridized carbons (Fsp3) is 0.562. The molecular weight excluding hydrogens is 274 g/mol. The first-order chi connectivity index (χ1) is 9.79. The Balaban J connectivity index is 2.81. The maximum absolute atomic E-state index is 13.6. The summed E-state index contributed by atoms with van der Waals surface area (Å²) in [5, 5.41) is 0. The number of benzene rings is 1. The van der Waals surface area contributed by atoms with E-state index in [0.717, 1.165) is 12.5 Å². The Kier molecular flexibility index (Phi) is 6.27. The molecule has 0 bridgehead atoms. The maximum atomic E-state index is 13.6. The Morgan fingerprint density at radius 3 is 2.52 bits per heavy atom. The Morgan fingerprint density at radius 1 is 1.33 bits per heavy atom. The van der Waals surface area contributed by atoms with E-state index in [4.69, 9.17) is 5.73 Å². The van der Waals surface area contributed by atoms with Crippen LogP contribution in [0.25, 0.3) is 0 Å². The summed E-state index contributed by atoms with van der Waals surface area (Å²) in [6.45, 7) is 7.55. The van der Waals surface area contributed by atoms with Crippen molar-refractivity contribution < 1.29 is 13.6 Å². The van der Waals surface area contributed by atoms with Gasteiger partial charge in [0.2, 0.25) is 5.91 Å². The highest BCUT2D eigenvalue weighted by atomic mass is 19.1. The normalized spacial score (nSPS) is 11.5. The lowest BCUT2D eigenvalue weighted by molar-refractivity contribution is -0.131. The van der Waals surface area contributed by atoms with Crippen LogP contribution in [0.3, 0.4) is 0 Å². The number of halogens is 2. The molecule has 118 valence electrons. The smallest absolute Gasteiger partial charge is 0.227 e. The van der Waals surface area contributed by atoms with Crippen LogP contribution >= 0.6 is 0 Å².